The molecule has 1 amide bonds. The third kappa shape index (κ3) is 4.14. The van der Waals surface area contributed by atoms with Crippen LogP contribution in [0.1, 0.15) is 12.0 Å². The molecule has 7 nitrogen and oxygen atoms in total. The Morgan fingerprint density at radius 1 is 1.03 bits per heavy atom. The van der Waals surface area contributed by atoms with Gasteiger partial charge in [0.15, 0.2) is 0 Å². The zero-order valence-corrected chi connectivity index (χ0v) is 17.1. The van der Waals surface area contributed by atoms with E-state index in [1.54, 1.807) is 17.0 Å². The number of piperazine rings is 1. The number of oxime groups is 1. The fourth-order valence-electron chi connectivity index (χ4n) is 3.44. The molecule has 0 saturated carbocycles. The molecule has 2 aromatic carbocycles. The van der Waals surface area contributed by atoms with Crippen LogP contribution < -0.4 is 0 Å². The van der Waals surface area contributed by atoms with E-state index in [1.807, 2.05) is 30.3 Å². The Bertz CT molecular complexity index is 1030. The number of carbonyl (C=O) groups is 1. The average Bonchev–Trinajstić information content (AvgIpc) is 3.24. The van der Waals surface area contributed by atoms with Gasteiger partial charge in [-0.2, -0.15) is 4.31 Å². The highest BCUT2D eigenvalue weighted by Crippen LogP contribution is 2.23. The van der Waals surface area contributed by atoms with E-state index >= 15 is 0 Å². The van der Waals surface area contributed by atoms with Gasteiger partial charge < -0.3 is 9.74 Å². The maximum Gasteiger partial charge on any atom is 0.266 e. The second-order valence-electron chi connectivity index (χ2n) is 6.89. The lowest BCUT2D eigenvalue weighted by molar-refractivity contribution is -0.143. The van der Waals surface area contributed by atoms with Crippen LogP contribution in [0.25, 0.3) is 0 Å². The summed E-state index contributed by atoms with van der Waals surface area (Å²) in [6.45, 7) is 1.05. The molecular weight excluding hydrogens is 414 g/mol. The smallest absolute Gasteiger partial charge is 0.266 e. The summed E-state index contributed by atoms with van der Waals surface area (Å²) in [6, 6.07) is 15.8. The normalized spacial score (nSPS) is 20.2. The van der Waals surface area contributed by atoms with Gasteiger partial charge in [-0.25, -0.2) is 8.42 Å². The molecule has 9 heteroatoms. The first-order chi connectivity index (χ1) is 13.9. The molecule has 1 unspecified atom stereocenters. The van der Waals surface area contributed by atoms with Gasteiger partial charge in [-0.15, -0.1) is 0 Å². The first-order valence-corrected chi connectivity index (χ1v) is 11.1. The minimum absolute atomic E-state index is 0.157. The fourth-order valence-corrected chi connectivity index (χ4v) is 5.16. The largest absolute Gasteiger partial charge is 0.382 e. The molecule has 0 radical (unpaired) electrons. The Morgan fingerprint density at radius 2 is 1.76 bits per heavy atom. The highest BCUT2D eigenvalue weighted by molar-refractivity contribution is 7.89. The summed E-state index contributed by atoms with van der Waals surface area (Å²) >= 11 is 5.92. The summed E-state index contributed by atoms with van der Waals surface area (Å²) in [5.74, 6) is -0.167. The van der Waals surface area contributed by atoms with Crippen LogP contribution >= 0.6 is 11.6 Å². The maximum absolute atomic E-state index is 12.8. The number of rotatable bonds is 4. The summed E-state index contributed by atoms with van der Waals surface area (Å²) in [6.07, 6.45) is -0.259. The summed E-state index contributed by atoms with van der Waals surface area (Å²) < 4.78 is 27.0. The van der Waals surface area contributed by atoms with E-state index < -0.39 is 16.1 Å². The number of sulfonamides is 1. The Hall–Kier alpha value is -2.42. The van der Waals surface area contributed by atoms with Crippen LogP contribution in [0.2, 0.25) is 5.02 Å². The summed E-state index contributed by atoms with van der Waals surface area (Å²) in [4.78, 5) is 19.9. The number of halogens is 1. The molecule has 0 spiro atoms. The van der Waals surface area contributed by atoms with Gasteiger partial charge in [0.1, 0.15) is 0 Å². The molecule has 1 atom stereocenters. The highest BCUT2D eigenvalue weighted by Gasteiger charge is 2.36. The molecule has 1 saturated heterocycles. The SMILES string of the molecule is O=C(C1CC(c2ccccc2)=NO1)N1CCN(S(=O)(=O)c2cccc(Cl)c2)CC1. The molecule has 0 aliphatic carbocycles. The van der Waals surface area contributed by atoms with Crippen molar-refractivity contribution in [2.24, 2.45) is 5.16 Å². The zero-order valence-electron chi connectivity index (χ0n) is 15.6. The third-order valence-corrected chi connectivity index (χ3v) is 7.17. The van der Waals surface area contributed by atoms with Crippen LogP contribution in [-0.4, -0.2) is 61.5 Å². The van der Waals surface area contributed by atoms with Gasteiger partial charge in [-0.3, -0.25) is 4.79 Å². The number of carbonyl (C=O) groups excluding carboxylic acids is 1. The zero-order chi connectivity index (χ0) is 20.4. The lowest BCUT2D eigenvalue weighted by Gasteiger charge is -2.34. The number of nitrogens with zero attached hydrogens (tertiary/aromatic N) is 3. The van der Waals surface area contributed by atoms with Crippen molar-refractivity contribution in [3.05, 3.63) is 65.2 Å². The van der Waals surface area contributed by atoms with Crippen LogP contribution in [-0.2, 0) is 19.7 Å². The van der Waals surface area contributed by atoms with Gasteiger partial charge in [0, 0.05) is 37.6 Å². The highest BCUT2D eigenvalue weighted by atomic mass is 35.5. The molecule has 0 N–H and O–H groups in total. The number of amides is 1. The van der Waals surface area contributed by atoms with Crippen molar-refractivity contribution < 1.29 is 18.0 Å². The quantitative estimate of drug-likeness (QED) is 0.741. The first kappa shape index (κ1) is 19.9. The van der Waals surface area contributed by atoms with Crippen LogP contribution in [0.3, 0.4) is 0 Å². The van der Waals surface area contributed by atoms with Crippen molar-refractivity contribution in [2.75, 3.05) is 26.2 Å². The van der Waals surface area contributed by atoms with Gasteiger partial charge in [0.25, 0.3) is 5.91 Å². The van der Waals surface area contributed by atoms with Gasteiger partial charge >= 0.3 is 0 Å². The standard InChI is InChI=1S/C20H20ClN3O4S/c21-16-7-4-8-17(13-16)29(26,27)24-11-9-23(10-12-24)20(25)19-14-18(22-28-19)15-5-2-1-3-6-15/h1-8,13,19H,9-12,14H2. The van der Waals surface area contributed by atoms with Gasteiger partial charge in [0.05, 0.1) is 10.6 Å². The van der Waals surface area contributed by atoms with E-state index in [0.717, 1.165) is 11.3 Å². The maximum atomic E-state index is 12.8. The number of hydrogen-bond donors (Lipinski definition) is 0. The van der Waals surface area contributed by atoms with Crippen molar-refractivity contribution in [1.82, 2.24) is 9.21 Å². The summed E-state index contributed by atoms with van der Waals surface area (Å²) in [5, 5.41) is 4.42. The Morgan fingerprint density at radius 3 is 2.45 bits per heavy atom. The van der Waals surface area contributed by atoms with E-state index in [1.165, 1.54) is 16.4 Å². The first-order valence-electron chi connectivity index (χ1n) is 9.28. The molecule has 2 aromatic rings. The fraction of sp³-hybridized carbons (Fsp3) is 0.300. The van der Waals surface area contributed by atoms with Crippen LogP contribution in [0, 0.1) is 0 Å². The molecule has 2 aliphatic heterocycles. The molecular formula is C20H20ClN3O4S. The van der Waals surface area contributed by atoms with E-state index in [2.05, 4.69) is 5.16 Å². The third-order valence-electron chi connectivity index (χ3n) is 5.04. The predicted molar refractivity (Wildman–Crippen MR) is 109 cm³/mol. The molecule has 29 heavy (non-hydrogen) atoms. The summed E-state index contributed by atoms with van der Waals surface area (Å²) in [7, 11) is -3.64. The van der Waals surface area contributed by atoms with Gasteiger partial charge in [0.2, 0.25) is 16.1 Å². The van der Waals surface area contributed by atoms with Crippen molar-refractivity contribution in [3.63, 3.8) is 0 Å². The van der Waals surface area contributed by atoms with Crippen molar-refractivity contribution in [3.8, 4) is 0 Å². The van der Waals surface area contributed by atoms with E-state index in [4.69, 9.17) is 16.4 Å². The van der Waals surface area contributed by atoms with Crippen LogP contribution in [0.15, 0.2) is 64.6 Å². The molecule has 4 rings (SSSR count). The Kier molecular flexibility index (Phi) is 5.58. The van der Waals surface area contributed by atoms with Crippen molar-refractivity contribution >= 4 is 33.2 Å². The summed E-state index contributed by atoms with van der Waals surface area (Å²) in [5.41, 5.74) is 1.67. The van der Waals surface area contributed by atoms with E-state index in [-0.39, 0.29) is 23.9 Å². The average molecular weight is 434 g/mol. The molecule has 1 fully saturated rings. The van der Waals surface area contributed by atoms with Crippen LogP contribution in [0.4, 0.5) is 0 Å². The predicted octanol–water partition coefficient (Wildman–Crippen LogP) is 2.37. The van der Waals surface area contributed by atoms with Crippen LogP contribution in [0.5, 0.6) is 0 Å². The van der Waals surface area contributed by atoms with E-state index in [9.17, 15) is 13.2 Å². The topological polar surface area (TPSA) is 79.3 Å². The molecule has 2 heterocycles. The lowest BCUT2D eigenvalue weighted by Crippen LogP contribution is -2.52. The lowest BCUT2D eigenvalue weighted by atomic mass is 10.0. The monoisotopic (exact) mass is 433 g/mol. The number of benzene rings is 2. The van der Waals surface area contributed by atoms with Crippen molar-refractivity contribution in [2.45, 2.75) is 17.4 Å². The molecule has 2 aliphatic rings. The number of hydrogen-bond acceptors (Lipinski definition) is 5. The van der Waals surface area contributed by atoms with Gasteiger partial charge in [-0.1, -0.05) is 53.2 Å². The van der Waals surface area contributed by atoms with E-state index in [0.29, 0.717) is 24.5 Å². The molecule has 0 aromatic heterocycles. The van der Waals surface area contributed by atoms with Crippen molar-refractivity contribution in [1.29, 1.82) is 0 Å². The molecule has 0 bridgehead atoms. The Balaban J connectivity index is 1.36. The second kappa shape index (κ2) is 8.14. The van der Waals surface area contributed by atoms with Gasteiger partial charge in [-0.05, 0) is 23.8 Å². The molecule has 152 valence electrons. The Labute approximate surface area is 174 Å². The second-order valence-corrected chi connectivity index (χ2v) is 9.26. The minimum atomic E-state index is -3.64. The minimum Gasteiger partial charge on any atom is -0.382 e.